The summed E-state index contributed by atoms with van der Waals surface area (Å²) in [6, 6.07) is 5.78. The van der Waals surface area contributed by atoms with Crippen LogP contribution in [0, 0.1) is 0 Å². The lowest BCUT2D eigenvalue weighted by Gasteiger charge is -2.33. The minimum Gasteiger partial charge on any atom is -0.379 e. The number of nitrogens with zero attached hydrogens (tertiary/aromatic N) is 5. The lowest BCUT2D eigenvalue weighted by atomic mass is 9.98. The molecule has 1 saturated heterocycles. The lowest BCUT2D eigenvalue weighted by molar-refractivity contribution is 0.0114. The molecule has 41 heavy (non-hydrogen) atoms. The van der Waals surface area contributed by atoms with Crippen LogP contribution in [0.5, 0.6) is 0 Å². The Balaban J connectivity index is 1.41. The number of likely N-dealkylation sites (tertiary alicyclic amines) is 1. The molecular weight excluding hydrogens is 562 g/mol. The van der Waals surface area contributed by atoms with Crippen molar-refractivity contribution in [3.63, 3.8) is 0 Å². The van der Waals surface area contributed by atoms with Gasteiger partial charge in [-0.1, -0.05) is 32.0 Å². The first-order chi connectivity index (χ1) is 19.4. The summed E-state index contributed by atoms with van der Waals surface area (Å²) in [5, 5.41) is 10.9. The van der Waals surface area contributed by atoms with E-state index in [2.05, 4.69) is 25.8 Å². The highest BCUT2D eigenvalue weighted by Gasteiger charge is 2.31. The molecule has 5 rings (SSSR count). The molecule has 0 spiro atoms. The molecule has 2 N–H and O–H groups in total. The van der Waals surface area contributed by atoms with Crippen LogP contribution in [-0.2, 0) is 12.0 Å². The Morgan fingerprint density at radius 3 is 2.73 bits per heavy atom. The Kier molecular flexibility index (Phi) is 8.06. The molecule has 4 heterocycles. The van der Waals surface area contributed by atoms with Crippen molar-refractivity contribution >= 4 is 33.8 Å². The number of piperidine rings is 1. The van der Waals surface area contributed by atoms with Crippen LogP contribution in [0.2, 0.25) is 0 Å². The molecule has 1 aromatic carbocycles. The average Bonchev–Trinajstić information content (AvgIpc) is 3.66. The molecule has 4 aromatic rings. The molecule has 1 fully saturated rings. The van der Waals surface area contributed by atoms with Crippen molar-refractivity contribution in [3.05, 3.63) is 46.2 Å². The third kappa shape index (κ3) is 6.08. The van der Waals surface area contributed by atoms with Gasteiger partial charge in [0.1, 0.15) is 11.0 Å². The van der Waals surface area contributed by atoms with E-state index in [9.17, 15) is 22.4 Å². The predicted octanol–water partition coefficient (Wildman–Crippen LogP) is 5.56. The van der Waals surface area contributed by atoms with Crippen LogP contribution in [0.3, 0.4) is 0 Å². The van der Waals surface area contributed by atoms with E-state index in [-0.39, 0.29) is 47.3 Å². The zero-order valence-corrected chi connectivity index (χ0v) is 23.8. The van der Waals surface area contributed by atoms with Crippen LogP contribution >= 0.6 is 11.3 Å². The van der Waals surface area contributed by atoms with Gasteiger partial charge in [0.25, 0.3) is 12.3 Å². The number of nitrogens with one attached hydrogen (secondary N) is 2. The van der Waals surface area contributed by atoms with Gasteiger partial charge in [-0.05, 0) is 31.7 Å². The summed E-state index contributed by atoms with van der Waals surface area (Å²) >= 11 is 1.27. The molecule has 1 amide bonds. The van der Waals surface area contributed by atoms with Gasteiger partial charge in [0, 0.05) is 29.6 Å². The van der Waals surface area contributed by atoms with Gasteiger partial charge < -0.3 is 24.6 Å². The highest BCUT2D eigenvalue weighted by Crippen LogP contribution is 2.37. The van der Waals surface area contributed by atoms with E-state index in [1.807, 2.05) is 32.7 Å². The maximum absolute atomic E-state index is 15.0. The van der Waals surface area contributed by atoms with Crippen molar-refractivity contribution in [2.75, 3.05) is 25.5 Å². The molecular formula is C27H31F4N7O2S. The van der Waals surface area contributed by atoms with Crippen molar-refractivity contribution in [3.8, 4) is 11.5 Å². The number of amides is 1. The number of alkyl halides is 4. The molecule has 3 atom stereocenters. The van der Waals surface area contributed by atoms with Gasteiger partial charge in [0.2, 0.25) is 18.0 Å². The number of anilines is 1. The first-order valence-electron chi connectivity index (χ1n) is 13.1. The van der Waals surface area contributed by atoms with Crippen molar-refractivity contribution in [1.82, 2.24) is 29.9 Å². The molecule has 1 aliphatic rings. The van der Waals surface area contributed by atoms with Crippen molar-refractivity contribution in [1.29, 1.82) is 0 Å². The van der Waals surface area contributed by atoms with Gasteiger partial charge >= 0.3 is 0 Å². The molecule has 220 valence electrons. The Bertz CT molecular complexity index is 1530. The number of benzene rings is 1. The zero-order chi connectivity index (χ0) is 29.5. The third-order valence-electron chi connectivity index (χ3n) is 6.89. The van der Waals surface area contributed by atoms with Crippen LogP contribution in [0.25, 0.3) is 22.4 Å². The number of hydrogen-bond donors (Lipinski definition) is 2. The number of rotatable bonds is 8. The summed E-state index contributed by atoms with van der Waals surface area (Å²) < 4.78 is 63.1. The predicted molar refractivity (Wildman–Crippen MR) is 148 cm³/mol. The summed E-state index contributed by atoms with van der Waals surface area (Å²) in [6.45, 7) is 6.81. The van der Waals surface area contributed by atoms with Crippen LogP contribution < -0.4 is 10.6 Å². The Morgan fingerprint density at radius 2 is 2.05 bits per heavy atom. The van der Waals surface area contributed by atoms with E-state index < -0.39 is 24.9 Å². The van der Waals surface area contributed by atoms with E-state index in [0.29, 0.717) is 28.9 Å². The Hall–Kier alpha value is -3.52. The number of thiazole rings is 1. The lowest BCUT2D eigenvalue weighted by Crippen LogP contribution is -2.46. The molecule has 3 aromatic heterocycles. The largest absolute Gasteiger partial charge is 0.379 e. The molecule has 1 unspecified atom stereocenters. The second-order valence-electron chi connectivity index (χ2n) is 11.1. The highest BCUT2D eigenvalue weighted by molar-refractivity contribution is 7.13. The fourth-order valence-electron chi connectivity index (χ4n) is 4.75. The first kappa shape index (κ1) is 29.0. The normalized spacial score (nSPS) is 19.1. The Labute approximate surface area is 237 Å². The summed E-state index contributed by atoms with van der Waals surface area (Å²) in [6.07, 6.45) is -5.12. The molecule has 0 saturated carbocycles. The maximum atomic E-state index is 15.0. The van der Waals surface area contributed by atoms with Crippen molar-refractivity contribution in [2.24, 2.45) is 0 Å². The monoisotopic (exact) mass is 593 g/mol. The van der Waals surface area contributed by atoms with Gasteiger partial charge in [0.05, 0.1) is 35.0 Å². The molecule has 0 aliphatic carbocycles. The Morgan fingerprint density at radius 1 is 1.27 bits per heavy atom. The standard InChI is InChI=1S/C27H31F4N7O2S/c1-27(2,3)26-33-11-20(41-26)25(39)32-12-21-35-24(36-40-21)19-10-14-16(34-17-8-9-37(4)13-15(17)28)6-5-7-18(14)38(19)23(31)22(29)30/h5-7,10-11,15,17,22-23,34H,8-9,12-13H2,1-4H3,(H,32,39)/t15-,17+,23?/m0/s1. The van der Waals surface area contributed by atoms with Gasteiger partial charge in [-0.15, -0.1) is 11.3 Å². The minimum absolute atomic E-state index is 0.00289. The van der Waals surface area contributed by atoms with Gasteiger partial charge in [0.15, 0.2) is 0 Å². The topological polar surface area (TPSA) is 101 Å². The van der Waals surface area contributed by atoms with Gasteiger partial charge in [-0.3, -0.25) is 4.79 Å². The number of aromatic nitrogens is 4. The summed E-state index contributed by atoms with van der Waals surface area (Å²) in [5.41, 5.74) is 0.406. The van der Waals surface area contributed by atoms with E-state index in [1.165, 1.54) is 29.7 Å². The molecule has 0 radical (unpaired) electrons. The summed E-state index contributed by atoms with van der Waals surface area (Å²) in [7, 11) is 1.84. The zero-order valence-electron chi connectivity index (χ0n) is 23.0. The van der Waals surface area contributed by atoms with Crippen molar-refractivity contribution in [2.45, 2.75) is 64.1 Å². The van der Waals surface area contributed by atoms with Crippen LogP contribution in [0.15, 0.2) is 35.0 Å². The number of hydrogen-bond acceptors (Lipinski definition) is 8. The fraction of sp³-hybridized carbons (Fsp3) is 0.481. The summed E-state index contributed by atoms with van der Waals surface area (Å²) in [5.74, 6) is -0.512. The van der Waals surface area contributed by atoms with Crippen LogP contribution in [0.1, 0.15) is 54.1 Å². The molecule has 0 bridgehead atoms. The van der Waals surface area contributed by atoms with Crippen LogP contribution in [0.4, 0.5) is 23.2 Å². The number of carbonyl (C=O) groups is 1. The minimum atomic E-state index is -3.33. The van der Waals surface area contributed by atoms with Gasteiger partial charge in [-0.25, -0.2) is 22.5 Å². The molecule has 9 nitrogen and oxygen atoms in total. The summed E-state index contributed by atoms with van der Waals surface area (Å²) in [4.78, 5) is 23.4. The SMILES string of the molecule is CN1CC[C@@H](Nc2cccc3c2cc(-c2noc(CNC(=O)c4cnc(C(C)(C)C)s4)n2)n3C(F)C(F)F)[C@@H](F)C1. The average molecular weight is 594 g/mol. The van der Waals surface area contributed by atoms with Crippen molar-refractivity contribution < 1.29 is 26.9 Å². The number of carbonyl (C=O) groups excluding carboxylic acids is 1. The third-order valence-corrected chi connectivity index (χ3v) is 8.31. The fourth-order valence-corrected chi connectivity index (χ4v) is 5.64. The quantitative estimate of drug-likeness (QED) is 0.258. The van der Waals surface area contributed by atoms with Crippen LogP contribution in [-0.4, -0.2) is 69.3 Å². The van der Waals surface area contributed by atoms with E-state index >= 15 is 0 Å². The molecule has 14 heteroatoms. The second kappa shape index (κ2) is 11.4. The maximum Gasteiger partial charge on any atom is 0.288 e. The van der Waals surface area contributed by atoms with E-state index in [4.69, 9.17) is 4.52 Å². The first-order valence-corrected chi connectivity index (χ1v) is 14.0. The molecule has 1 aliphatic heterocycles. The smallest absolute Gasteiger partial charge is 0.288 e. The highest BCUT2D eigenvalue weighted by atomic mass is 32.1. The van der Waals surface area contributed by atoms with E-state index in [1.54, 1.807) is 12.1 Å². The van der Waals surface area contributed by atoms with E-state index in [0.717, 1.165) is 9.57 Å². The second-order valence-corrected chi connectivity index (χ2v) is 12.2. The van der Waals surface area contributed by atoms with Gasteiger partial charge in [-0.2, -0.15) is 4.98 Å². The number of fused-ring (bicyclic) bond motifs is 1. The number of halogens is 4.